The smallest absolute Gasteiger partial charge is 0.246 e. The topological polar surface area (TPSA) is 70.2 Å². The Hall–Kier alpha value is -2.45. The highest BCUT2D eigenvalue weighted by Crippen LogP contribution is 2.29. The van der Waals surface area contributed by atoms with Gasteiger partial charge in [0.25, 0.3) is 0 Å². The van der Waals surface area contributed by atoms with Crippen LogP contribution in [-0.4, -0.2) is 64.8 Å². The van der Waals surface area contributed by atoms with E-state index in [2.05, 4.69) is 4.90 Å². The lowest BCUT2D eigenvalue weighted by molar-refractivity contribution is -0.132. The molecule has 1 saturated heterocycles. The van der Waals surface area contributed by atoms with Crippen molar-refractivity contribution in [3.05, 3.63) is 53.6 Å². The number of hydrogen-bond donors (Lipinski definition) is 0. The minimum absolute atomic E-state index is 0.201. The van der Waals surface area contributed by atoms with E-state index in [0.717, 1.165) is 17.7 Å². The molecule has 1 fully saturated rings. The van der Waals surface area contributed by atoms with Crippen LogP contribution in [0.1, 0.15) is 13.3 Å². The Balaban J connectivity index is 1.79. The molecule has 1 atom stereocenters. The van der Waals surface area contributed by atoms with Crippen LogP contribution < -0.4 is 13.9 Å². The third kappa shape index (κ3) is 5.25. The molecular weight excluding hydrogens is 438 g/mol. The van der Waals surface area contributed by atoms with Crippen LogP contribution in [-0.2, 0) is 14.8 Å². The summed E-state index contributed by atoms with van der Waals surface area (Å²) in [5.74, 6) is 0.588. The van der Waals surface area contributed by atoms with Crippen molar-refractivity contribution in [1.82, 2.24) is 4.90 Å². The first-order chi connectivity index (χ1) is 14.8. The van der Waals surface area contributed by atoms with E-state index >= 15 is 0 Å². The molecule has 9 heteroatoms. The van der Waals surface area contributed by atoms with Crippen molar-refractivity contribution in [3.63, 3.8) is 0 Å². The van der Waals surface area contributed by atoms with Crippen molar-refractivity contribution in [1.29, 1.82) is 0 Å². The number of halogens is 1. The van der Waals surface area contributed by atoms with Crippen LogP contribution in [0.15, 0.2) is 48.5 Å². The van der Waals surface area contributed by atoms with Gasteiger partial charge < -0.3 is 14.5 Å². The Morgan fingerprint density at radius 2 is 1.81 bits per heavy atom. The summed E-state index contributed by atoms with van der Waals surface area (Å²) in [7, 11) is -2.05. The van der Waals surface area contributed by atoms with Crippen molar-refractivity contribution in [2.24, 2.45) is 0 Å². The number of carbonyl (C=O) groups excluding carboxylic acids is 1. The minimum atomic E-state index is -3.69. The third-order valence-electron chi connectivity index (χ3n) is 5.39. The summed E-state index contributed by atoms with van der Waals surface area (Å²) in [5, 5.41) is 0.416. The summed E-state index contributed by atoms with van der Waals surface area (Å²) in [4.78, 5) is 17.3. The Labute approximate surface area is 189 Å². The van der Waals surface area contributed by atoms with Crippen LogP contribution in [0.2, 0.25) is 5.02 Å². The maximum absolute atomic E-state index is 13.4. The summed E-state index contributed by atoms with van der Waals surface area (Å²) in [6, 6.07) is 13.5. The number of sulfonamides is 1. The molecule has 3 rings (SSSR count). The molecule has 168 valence electrons. The number of anilines is 2. The molecule has 1 heterocycles. The summed E-state index contributed by atoms with van der Waals surface area (Å²) in [5.41, 5.74) is 1.38. The van der Waals surface area contributed by atoms with Gasteiger partial charge in [0.05, 0.1) is 24.7 Å². The molecule has 31 heavy (non-hydrogen) atoms. The van der Waals surface area contributed by atoms with Gasteiger partial charge in [0.1, 0.15) is 11.8 Å². The lowest BCUT2D eigenvalue weighted by Crippen LogP contribution is -2.56. The number of piperazine rings is 1. The molecule has 0 bridgehead atoms. The molecule has 0 radical (unpaired) electrons. The lowest BCUT2D eigenvalue weighted by atomic mass is 10.1. The van der Waals surface area contributed by atoms with E-state index in [1.807, 2.05) is 31.2 Å². The van der Waals surface area contributed by atoms with Gasteiger partial charge in [-0.2, -0.15) is 0 Å². The second-order valence-corrected chi connectivity index (χ2v) is 9.74. The molecule has 0 aromatic heterocycles. The molecular formula is C22H28ClN3O4S. The number of rotatable bonds is 7. The van der Waals surface area contributed by atoms with Gasteiger partial charge >= 0.3 is 0 Å². The van der Waals surface area contributed by atoms with Crippen molar-refractivity contribution < 1.29 is 17.9 Å². The first-order valence-electron chi connectivity index (χ1n) is 10.2. The zero-order chi connectivity index (χ0) is 22.6. The second kappa shape index (κ2) is 9.78. The highest BCUT2D eigenvalue weighted by molar-refractivity contribution is 7.92. The van der Waals surface area contributed by atoms with E-state index in [1.54, 1.807) is 36.3 Å². The molecule has 0 unspecified atom stereocenters. The fourth-order valence-corrected chi connectivity index (χ4v) is 5.31. The van der Waals surface area contributed by atoms with Crippen LogP contribution in [0.5, 0.6) is 5.75 Å². The van der Waals surface area contributed by atoms with Crippen LogP contribution >= 0.6 is 11.6 Å². The van der Waals surface area contributed by atoms with E-state index in [0.29, 0.717) is 43.3 Å². The van der Waals surface area contributed by atoms with E-state index in [4.69, 9.17) is 16.3 Å². The van der Waals surface area contributed by atoms with Gasteiger partial charge in [-0.05, 0) is 36.8 Å². The van der Waals surface area contributed by atoms with E-state index in [9.17, 15) is 13.2 Å². The molecule has 0 spiro atoms. The quantitative estimate of drug-likeness (QED) is 0.627. The van der Waals surface area contributed by atoms with Crippen molar-refractivity contribution in [2.45, 2.75) is 19.4 Å². The summed E-state index contributed by atoms with van der Waals surface area (Å²) in [6.07, 6.45) is 1.47. The Kier molecular flexibility index (Phi) is 7.33. The summed E-state index contributed by atoms with van der Waals surface area (Å²) in [6.45, 7) is 4.09. The number of benzene rings is 2. The zero-order valence-corrected chi connectivity index (χ0v) is 19.6. The second-order valence-electron chi connectivity index (χ2n) is 7.45. The van der Waals surface area contributed by atoms with E-state index < -0.39 is 16.1 Å². The normalized spacial score (nSPS) is 15.5. The van der Waals surface area contributed by atoms with Gasteiger partial charge in [0, 0.05) is 31.2 Å². The maximum atomic E-state index is 13.4. The van der Waals surface area contributed by atoms with Crippen molar-refractivity contribution >= 4 is 38.9 Å². The number of carbonyl (C=O) groups is 1. The first-order valence-corrected chi connectivity index (χ1v) is 12.4. The Bertz CT molecular complexity index is 1020. The molecule has 1 amide bonds. The number of hydrogen-bond acceptors (Lipinski definition) is 5. The number of methoxy groups -OCH3 is 1. The largest absolute Gasteiger partial charge is 0.495 e. The van der Waals surface area contributed by atoms with Gasteiger partial charge in [-0.3, -0.25) is 9.10 Å². The lowest BCUT2D eigenvalue weighted by Gasteiger charge is -2.39. The standard InChI is InChI=1S/C22H28ClN3O4S/c1-4-19(26(31(3,28)29)18-9-7-8-17(23)16-18)22(27)25-14-12-24(13-15-25)20-10-5-6-11-21(20)30-2/h5-11,16,19H,4,12-15H2,1-3H3/t19-/m1/s1. The summed E-state index contributed by atoms with van der Waals surface area (Å²) < 4.78 is 31.9. The molecule has 2 aromatic carbocycles. The fourth-order valence-electron chi connectivity index (χ4n) is 3.93. The Morgan fingerprint density at radius 1 is 1.13 bits per heavy atom. The van der Waals surface area contributed by atoms with Gasteiger partial charge in [0.15, 0.2) is 0 Å². The number of amides is 1. The third-order valence-corrected chi connectivity index (χ3v) is 6.81. The molecule has 0 aliphatic carbocycles. The predicted octanol–water partition coefficient (Wildman–Crippen LogP) is 3.24. The van der Waals surface area contributed by atoms with Crippen LogP contribution in [0.25, 0.3) is 0 Å². The summed E-state index contributed by atoms with van der Waals surface area (Å²) >= 11 is 6.08. The van der Waals surface area contributed by atoms with Gasteiger partial charge in [0.2, 0.25) is 15.9 Å². The fraction of sp³-hybridized carbons (Fsp3) is 0.409. The number of para-hydroxylation sites is 2. The molecule has 0 N–H and O–H groups in total. The van der Waals surface area contributed by atoms with Crippen LogP contribution in [0.3, 0.4) is 0 Å². The van der Waals surface area contributed by atoms with Gasteiger partial charge in [-0.25, -0.2) is 8.42 Å². The first kappa shape index (κ1) is 23.2. The molecule has 0 saturated carbocycles. The number of nitrogens with zero attached hydrogens (tertiary/aromatic N) is 3. The van der Waals surface area contributed by atoms with Crippen molar-refractivity contribution in [2.75, 3.05) is 48.7 Å². The molecule has 2 aromatic rings. The Morgan fingerprint density at radius 3 is 2.39 bits per heavy atom. The van der Waals surface area contributed by atoms with Crippen LogP contribution in [0, 0.1) is 0 Å². The highest BCUT2D eigenvalue weighted by Gasteiger charge is 2.35. The van der Waals surface area contributed by atoms with Gasteiger partial charge in [-0.15, -0.1) is 0 Å². The zero-order valence-electron chi connectivity index (χ0n) is 18.0. The SMILES string of the molecule is CC[C@H](C(=O)N1CCN(c2ccccc2OC)CC1)N(c1cccc(Cl)c1)S(C)(=O)=O. The van der Waals surface area contributed by atoms with Crippen molar-refractivity contribution in [3.8, 4) is 5.75 Å². The maximum Gasteiger partial charge on any atom is 0.246 e. The average Bonchev–Trinajstić information content (AvgIpc) is 2.76. The van der Waals surface area contributed by atoms with E-state index in [1.165, 1.54) is 4.31 Å². The monoisotopic (exact) mass is 465 g/mol. The average molecular weight is 466 g/mol. The van der Waals surface area contributed by atoms with E-state index in [-0.39, 0.29) is 5.91 Å². The molecule has 1 aliphatic heterocycles. The van der Waals surface area contributed by atoms with Gasteiger partial charge in [-0.1, -0.05) is 36.7 Å². The minimum Gasteiger partial charge on any atom is -0.495 e. The van der Waals surface area contributed by atoms with Crippen LogP contribution in [0.4, 0.5) is 11.4 Å². The molecule has 7 nitrogen and oxygen atoms in total. The highest BCUT2D eigenvalue weighted by atomic mass is 35.5. The number of ether oxygens (including phenoxy) is 1. The predicted molar refractivity (Wildman–Crippen MR) is 125 cm³/mol. The molecule has 1 aliphatic rings.